The Morgan fingerprint density at radius 3 is 2.43 bits per heavy atom. The predicted molar refractivity (Wildman–Crippen MR) is 91.9 cm³/mol. The Morgan fingerprint density at radius 2 is 1.83 bits per heavy atom. The summed E-state index contributed by atoms with van der Waals surface area (Å²) >= 11 is 0. The van der Waals surface area contributed by atoms with Crippen LogP contribution in [-0.2, 0) is 10.8 Å². The fourth-order valence-electron chi connectivity index (χ4n) is 2.89. The first-order chi connectivity index (χ1) is 11.1. The highest BCUT2D eigenvalue weighted by Crippen LogP contribution is 2.32. The van der Waals surface area contributed by atoms with E-state index in [1.807, 2.05) is 18.3 Å². The van der Waals surface area contributed by atoms with Gasteiger partial charge in [-0.05, 0) is 18.9 Å². The van der Waals surface area contributed by atoms with Crippen LogP contribution in [0.25, 0.3) is 10.9 Å². The highest BCUT2D eigenvalue weighted by Gasteiger charge is 2.23. The molecule has 0 N–H and O–H groups in total. The Labute approximate surface area is 138 Å². The van der Waals surface area contributed by atoms with E-state index in [4.69, 9.17) is 9.47 Å². The number of anilines is 1. The molecule has 1 aromatic carbocycles. The molecular weight excluding hydrogens is 314 g/mol. The quantitative estimate of drug-likeness (QED) is 0.851. The third-order valence-corrected chi connectivity index (χ3v) is 5.68. The second-order valence-electron chi connectivity index (χ2n) is 5.62. The molecule has 3 rings (SSSR count). The molecule has 2 heterocycles. The Kier molecular flexibility index (Phi) is 4.66. The van der Waals surface area contributed by atoms with Gasteiger partial charge in [0.15, 0.2) is 11.5 Å². The summed E-state index contributed by atoms with van der Waals surface area (Å²) in [5.74, 6) is 2.04. The highest BCUT2D eigenvalue weighted by atomic mass is 32.2. The summed E-state index contributed by atoms with van der Waals surface area (Å²) in [7, 11) is 2.47. The normalized spacial score (nSPS) is 17.3. The number of hydrogen-bond donors (Lipinski definition) is 0. The minimum atomic E-state index is -0.752. The first-order valence-corrected chi connectivity index (χ1v) is 9.20. The number of rotatable bonds is 4. The first kappa shape index (κ1) is 16.0. The molecule has 0 aliphatic carbocycles. The van der Waals surface area contributed by atoms with E-state index in [1.165, 1.54) is 0 Å². The smallest absolute Gasteiger partial charge is 0.225 e. The second kappa shape index (κ2) is 6.70. The van der Waals surface area contributed by atoms with Gasteiger partial charge < -0.3 is 14.4 Å². The molecule has 1 aliphatic heterocycles. The molecule has 7 heteroatoms. The number of methoxy groups -OCH3 is 2. The van der Waals surface area contributed by atoms with Gasteiger partial charge in [0.1, 0.15) is 0 Å². The van der Waals surface area contributed by atoms with Crippen molar-refractivity contribution in [3.63, 3.8) is 0 Å². The first-order valence-electron chi connectivity index (χ1n) is 7.58. The topological polar surface area (TPSA) is 64.5 Å². The zero-order valence-corrected chi connectivity index (χ0v) is 14.4. The molecule has 1 aliphatic rings. The third-order valence-electron chi connectivity index (χ3n) is 4.27. The average Bonchev–Trinajstić information content (AvgIpc) is 2.60. The van der Waals surface area contributed by atoms with Crippen LogP contribution in [0.5, 0.6) is 11.5 Å². The van der Waals surface area contributed by atoms with Crippen LogP contribution in [0.2, 0.25) is 0 Å². The molecule has 1 fully saturated rings. The van der Waals surface area contributed by atoms with Crippen molar-refractivity contribution >= 4 is 27.7 Å². The van der Waals surface area contributed by atoms with Gasteiger partial charge in [0.05, 0.1) is 19.7 Å². The Bertz CT molecular complexity index is 730. The molecule has 6 nitrogen and oxygen atoms in total. The van der Waals surface area contributed by atoms with Crippen LogP contribution in [0.1, 0.15) is 12.8 Å². The summed E-state index contributed by atoms with van der Waals surface area (Å²) in [6, 6.07) is 3.75. The summed E-state index contributed by atoms with van der Waals surface area (Å²) in [5.41, 5.74) is 0.828. The molecule has 0 saturated carbocycles. The van der Waals surface area contributed by atoms with Crippen molar-refractivity contribution in [2.24, 2.45) is 0 Å². The Morgan fingerprint density at radius 1 is 1.17 bits per heavy atom. The van der Waals surface area contributed by atoms with Crippen molar-refractivity contribution in [3.05, 3.63) is 18.3 Å². The number of hydrogen-bond acceptors (Lipinski definition) is 6. The van der Waals surface area contributed by atoms with E-state index >= 15 is 0 Å². The molecule has 124 valence electrons. The lowest BCUT2D eigenvalue weighted by Gasteiger charge is -2.31. The number of piperidine rings is 1. The molecule has 1 aromatic heterocycles. The van der Waals surface area contributed by atoms with Crippen LogP contribution in [0, 0.1) is 0 Å². The average molecular weight is 335 g/mol. The lowest BCUT2D eigenvalue weighted by Crippen LogP contribution is -2.38. The lowest BCUT2D eigenvalue weighted by molar-refractivity contribution is 0.356. The van der Waals surface area contributed by atoms with Crippen LogP contribution in [0.3, 0.4) is 0 Å². The lowest BCUT2D eigenvalue weighted by atomic mass is 10.1. The molecule has 0 radical (unpaired) electrons. The minimum Gasteiger partial charge on any atom is -0.493 e. The number of ether oxygens (including phenoxy) is 2. The number of fused-ring (bicyclic) bond motifs is 1. The maximum Gasteiger partial charge on any atom is 0.225 e. The molecule has 1 saturated heterocycles. The van der Waals surface area contributed by atoms with Gasteiger partial charge in [0.2, 0.25) is 5.95 Å². The molecule has 1 unspecified atom stereocenters. The molecule has 0 spiro atoms. The van der Waals surface area contributed by atoms with E-state index in [9.17, 15) is 4.21 Å². The number of benzene rings is 1. The van der Waals surface area contributed by atoms with Crippen molar-refractivity contribution in [3.8, 4) is 11.5 Å². The van der Waals surface area contributed by atoms with E-state index in [0.717, 1.165) is 36.8 Å². The van der Waals surface area contributed by atoms with E-state index in [2.05, 4.69) is 14.9 Å². The number of nitrogens with zero attached hydrogens (tertiary/aromatic N) is 3. The fraction of sp³-hybridized carbons (Fsp3) is 0.500. The largest absolute Gasteiger partial charge is 0.493 e. The second-order valence-corrected chi connectivity index (χ2v) is 7.28. The molecule has 0 bridgehead atoms. The number of aromatic nitrogens is 2. The van der Waals surface area contributed by atoms with Crippen molar-refractivity contribution in [2.75, 3.05) is 38.5 Å². The van der Waals surface area contributed by atoms with Crippen molar-refractivity contribution < 1.29 is 13.7 Å². The summed E-state index contributed by atoms with van der Waals surface area (Å²) < 4.78 is 22.2. The third kappa shape index (κ3) is 3.24. The summed E-state index contributed by atoms with van der Waals surface area (Å²) in [6.07, 6.45) is 5.42. The van der Waals surface area contributed by atoms with Crippen molar-refractivity contribution in [1.29, 1.82) is 0 Å². The van der Waals surface area contributed by atoms with Gasteiger partial charge in [-0.15, -0.1) is 0 Å². The standard InChI is InChI=1S/C16H21N3O3S/c1-21-14-8-11-10-17-16(18-13(11)9-15(14)22-2)19-6-4-12(5-7-19)23(3)20/h8-10,12H,4-7H2,1-3H3. The zero-order chi connectivity index (χ0) is 16.4. The van der Waals surface area contributed by atoms with Gasteiger partial charge in [0.25, 0.3) is 0 Å². The van der Waals surface area contributed by atoms with Gasteiger partial charge in [0, 0.05) is 53.0 Å². The summed E-state index contributed by atoms with van der Waals surface area (Å²) in [4.78, 5) is 11.3. The maximum absolute atomic E-state index is 11.6. The van der Waals surface area contributed by atoms with Crippen LogP contribution >= 0.6 is 0 Å². The zero-order valence-electron chi connectivity index (χ0n) is 13.6. The van der Waals surface area contributed by atoms with Gasteiger partial charge in [-0.25, -0.2) is 9.97 Å². The molecule has 23 heavy (non-hydrogen) atoms. The van der Waals surface area contributed by atoms with E-state index in [1.54, 1.807) is 20.5 Å². The van der Waals surface area contributed by atoms with Crippen LogP contribution in [-0.4, -0.2) is 53.0 Å². The Balaban J connectivity index is 1.87. The summed E-state index contributed by atoms with van der Waals surface area (Å²) in [5, 5.41) is 1.20. The van der Waals surface area contributed by atoms with Crippen LogP contribution < -0.4 is 14.4 Å². The predicted octanol–water partition coefficient (Wildman–Crippen LogP) is 1.99. The molecule has 2 aromatic rings. The van der Waals surface area contributed by atoms with Gasteiger partial charge in [-0.1, -0.05) is 0 Å². The monoisotopic (exact) mass is 335 g/mol. The Hall–Kier alpha value is -1.89. The maximum atomic E-state index is 11.6. The fourth-order valence-corrected chi connectivity index (χ4v) is 3.76. The molecule has 1 atom stereocenters. The molecule has 0 amide bonds. The highest BCUT2D eigenvalue weighted by molar-refractivity contribution is 7.84. The summed E-state index contributed by atoms with van der Waals surface area (Å²) in [6.45, 7) is 1.67. The van der Waals surface area contributed by atoms with Crippen LogP contribution in [0.4, 0.5) is 5.95 Å². The SMILES string of the molecule is COc1cc2cnc(N3CCC(S(C)=O)CC3)nc2cc1OC. The van der Waals surface area contributed by atoms with E-state index in [0.29, 0.717) is 17.4 Å². The van der Waals surface area contributed by atoms with Crippen molar-refractivity contribution in [2.45, 2.75) is 18.1 Å². The van der Waals surface area contributed by atoms with Gasteiger partial charge in [-0.2, -0.15) is 0 Å². The van der Waals surface area contributed by atoms with E-state index < -0.39 is 10.8 Å². The van der Waals surface area contributed by atoms with Gasteiger partial charge in [-0.3, -0.25) is 4.21 Å². The van der Waals surface area contributed by atoms with Gasteiger partial charge >= 0.3 is 0 Å². The van der Waals surface area contributed by atoms with E-state index in [-0.39, 0.29) is 5.25 Å². The van der Waals surface area contributed by atoms with Crippen molar-refractivity contribution in [1.82, 2.24) is 9.97 Å². The van der Waals surface area contributed by atoms with Crippen LogP contribution in [0.15, 0.2) is 18.3 Å². The minimum absolute atomic E-state index is 0.288. The molecular formula is C16H21N3O3S.